The van der Waals surface area contributed by atoms with Crippen LogP contribution in [0.2, 0.25) is 0 Å². The fourth-order valence-corrected chi connectivity index (χ4v) is 2.41. The van der Waals surface area contributed by atoms with Crippen molar-refractivity contribution in [2.75, 3.05) is 5.32 Å². The van der Waals surface area contributed by atoms with Crippen molar-refractivity contribution in [1.82, 2.24) is 4.98 Å². The van der Waals surface area contributed by atoms with Gasteiger partial charge < -0.3 is 10.3 Å². The highest BCUT2D eigenvalue weighted by molar-refractivity contribution is 14.1. The molecule has 0 unspecified atom stereocenters. The van der Waals surface area contributed by atoms with Crippen molar-refractivity contribution in [2.45, 2.75) is 0 Å². The van der Waals surface area contributed by atoms with Gasteiger partial charge in [0.2, 0.25) is 0 Å². The maximum Gasteiger partial charge on any atom is 0.108 e. The van der Waals surface area contributed by atoms with Gasteiger partial charge in [-0.3, -0.25) is 0 Å². The molecule has 0 fully saturated rings. The van der Waals surface area contributed by atoms with Gasteiger partial charge in [-0.25, -0.2) is 0 Å². The Morgan fingerprint density at radius 3 is 2.65 bits per heavy atom. The molecule has 3 rings (SSSR count). The molecular formula is C14H11IN2. The standard InChI is InChI=1S/C14H11IN2/c15-11-5-3-6-12(9-11)16-14-8-10-4-1-2-7-13(10)17-14/h1-9,16-17H. The van der Waals surface area contributed by atoms with Crippen LogP contribution < -0.4 is 5.32 Å². The second kappa shape index (κ2) is 4.41. The van der Waals surface area contributed by atoms with Gasteiger partial charge in [0.1, 0.15) is 5.82 Å². The molecule has 2 aromatic carbocycles. The number of nitrogens with one attached hydrogen (secondary N) is 2. The van der Waals surface area contributed by atoms with E-state index >= 15 is 0 Å². The van der Waals surface area contributed by atoms with Gasteiger partial charge in [-0.1, -0.05) is 24.3 Å². The number of rotatable bonds is 2. The number of aromatic nitrogens is 1. The molecular weight excluding hydrogens is 323 g/mol. The van der Waals surface area contributed by atoms with Crippen molar-refractivity contribution in [3.63, 3.8) is 0 Å². The third kappa shape index (κ3) is 2.29. The second-order valence-corrected chi connectivity index (χ2v) is 5.15. The minimum absolute atomic E-state index is 1.02. The fourth-order valence-electron chi connectivity index (χ4n) is 1.86. The van der Waals surface area contributed by atoms with Crippen LogP contribution in [-0.4, -0.2) is 4.98 Å². The molecule has 0 spiro atoms. The van der Waals surface area contributed by atoms with E-state index in [4.69, 9.17) is 0 Å². The lowest BCUT2D eigenvalue weighted by molar-refractivity contribution is 1.41. The fraction of sp³-hybridized carbons (Fsp3) is 0. The van der Waals surface area contributed by atoms with Crippen LogP contribution in [0.3, 0.4) is 0 Å². The van der Waals surface area contributed by atoms with Crippen molar-refractivity contribution in [3.8, 4) is 0 Å². The van der Waals surface area contributed by atoms with E-state index < -0.39 is 0 Å². The average molecular weight is 334 g/mol. The molecule has 0 saturated carbocycles. The van der Waals surface area contributed by atoms with Gasteiger partial charge in [-0.2, -0.15) is 0 Å². The molecule has 0 atom stereocenters. The number of aromatic amines is 1. The molecule has 1 heterocycles. The zero-order valence-corrected chi connectivity index (χ0v) is 11.2. The Kier molecular flexibility index (Phi) is 2.76. The lowest BCUT2D eigenvalue weighted by atomic mass is 10.2. The van der Waals surface area contributed by atoms with E-state index in [1.54, 1.807) is 0 Å². The summed E-state index contributed by atoms with van der Waals surface area (Å²) in [5.74, 6) is 1.02. The van der Waals surface area contributed by atoms with E-state index in [-0.39, 0.29) is 0 Å². The van der Waals surface area contributed by atoms with Crippen molar-refractivity contribution in [1.29, 1.82) is 0 Å². The molecule has 0 aliphatic carbocycles. The van der Waals surface area contributed by atoms with Crippen LogP contribution in [-0.2, 0) is 0 Å². The van der Waals surface area contributed by atoms with Crippen molar-refractivity contribution in [3.05, 3.63) is 58.2 Å². The molecule has 0 aliphatic heterocycles. The van der Waals surface area contributed by atoms with Crippen molar-refractivity contribution < 1.29 is 0 Å². The Labute approximate surface area is 113 Å². The van der Waals surface area contributed by atoms with Gasteiger partial charge in [-0.05, 0) is 52.9 Å². The molecule has 2 N–H and O–H groups in total. The smallest absolute Gasteiger partial charge is 0.108 e. The monoisotopic (exact) mass is 334 g/mol. The third-order valence-corrected chi connectivity index (χ3v) is 3.30. The molecule has 3 heteroatoms. The number of fused-ring (bicyclic) bond motifs is 1. The summed E-state index contributed by atoms with van der Waals surface area (Å²) in [4.78, 5) is 3.35. The Morgan fingerprint density at radius 2 is 1.82 bits per heavy atom. The Morgan fingerprint density at radius 1 is 0.941 bits per heavy atom. The minimum atomic E-state index is 1.02. The Bertz CT molecular complexity index is 625. The quantitative estimate of drug-likeness (QED) is 0.663. The summed E-state index contributed by atoms with van der Waals surface area (Å²) in [6.45, 7) is 0. The number of para-hydroxylation sites is 1. The number of hydrogen-bond donors (Lipinski definition) is 2. The number of benzene rings is 2. The predicted octanol–water partition coefficient (Wildman–Crippen LogP) is 4.52. The highest BCUT2D eigenvalue weighted by Crippen LogP contribution is 2.22. The first-order valence-electron chi connectivity index (χ1n) is 5.42. The van der Waals surface area contributed by atoms with Gasteiger partial charge >= 0.3 is 0 Å². The summed E-state index contributed by atoms with van der Waals surface area (Å²) in [6, 6.07) is 18.7. The second-order valence-electron chi connectivity index (χ2n) is 3.91. The molecule has 84 valence electrons. The SMILES string of the molecule is Ic1cccc(Nc2cc3ccccc3[nH]2)c1. The number of halogens is 1. The van der Waals surface area contributed by atoms with Crippen LogP contribution in [0.1, 0.15) is 0 Å². The van der Waals surface area contributed by atoms with Crippen molar-refractivity contribution in [2.24, 2.45) is 0 Å². The summed E-state index contributed by atoms with van der Waals surface area (Å²) in [5, 5.41) is 4.60. The molecule has 1 aromatic heterocycles. The lowest BCUT2D eigenvalue weighted by Crippen LogP contribution is -1.89. The molecule has 17 heavy (non-hydrogen) atoms. The van der Waals surface area contributed by atoms with E-state index in [9.17, 15) is 0 Å². The summed E-state index contributed by atoms with van der Waals surface area (Å²) >= 11 is 2.31. The molecule has 0 aliphatic rings. The first kappa shape index (κ1) is 10.7. The molecule has 0 amide bonds. The van der Waals surface area contributed by atoms with Gasteiger partial charge in [0.25, 0.3) is 0 Å². The molecule has 0 bridgehead atoms. The summed E-state index contributed by atoms with van der Waals surface area (Å²) in [7, 11) is 0. The largest absolute Gasteiger partial charge is 0.342 e. The van der Waals surface area contributed by atoms with E-state index in [0.29, 0.717) is 0 Å². The van der Waals surface area contributed by atoms with Gasteiger partial charge in [0.05, 0.1) is 0 Å². The maximum absolute atomic E-state index is 3.37. The van der Waals surface area contributed by atoms with E-state index in [1.807, 2.05) is 18.2 Å². The molecule has 2 nitrogen and oxygen atoms in total. The van der Waals surface area contributed by atoms with Gasteiger partial charge in [0, 0.05) is 20.2 Å². The number of hydrogen-bond acceptors (Lipinski definition) is 1. The number of anilines is 2. The highest BCUT2D eigenvalue weighted by atomic mass is 127. The van der Waals surface area contributed by atoms with Gasteiger partial charge in [-0.15, -0.1) is 0 Å². The normalized spacial score (nSPS) is 10.6. The van der Waals surface area contributed by atoms with Crippen LogP contribution in [0.5, 0.6) is 0 Å². The number of H-pyrrole nitrogens is 1. The minimum Gasteiger partial charge on any atom is -0.342 e. The third-order valence-electron chi connectivity index (χ3n) is 2.63. The van der Waals surface area contributed by atoms with Crippen LogP contribution in [0.25, 0.3) is 10.9 Å². The summed E-state index contributed by atoms with van der Waals surface area (Å²) in [6.07, 6.45) is 0. The Hall–Kier alpha value is -1.49. The lowest BCUT2D eigenvalue weighted by Gasteiger charge is -2.03. The molecule has 0 saturated heterocycles. The zero-order chi connectivity index (χ0) is 11.7. The first-order chi connectivity index (χ1) is 8.31. The van der Waals surface area contributed by atoms with Crippen molar-refractivity contribution >= 4 is 45.0 Å². The van der Waals surface area contributed by atoms with E-state index in [2.05, 4.69) is 69.3 Å². The maximum atomic E-state index is 3.37. The van der Waals surface area contributed by atoms with Crippen LogP contribution in [0.15, 0.2) is 54.6 Å². The first-order valence-corrected chi connectivity index (χ1v) is 6.49. The topological polar surface area (TPSA) is 27.8 Å². The highest BCUT2D eigenvalue weighted by Gasteiger charge is 2.00. The van der Waals surface area contributed by atoms with Crippen LogP contribution in [0.4, 0.5) is 11.5 Å². The zero-order valence-electron chi connectivity index (χ0n) is 9.07. The van der Waals surface area contributed by atoms with Crippen LogP contribution in [0, 0.1) is 3.57 Å². The molecule has 0 radical (unpaired) electrons. The predicted molar refractivity (Wildman–Crippen MR) is 80.7 cm³/mol. The molecule has 3 aromatic rings. The summed E-state index contributed by atoms with van der Waals surface area (Å²) < 4.78 is 1.23. The average Bonchev–Trinajstić information content (AvgIpc) is 2.71. The van der Waals surface area contributed by atoms with Crippen LogP contribution >= 0.6 is 22.6 Å². The van der Waals surface area contributed by atoms with E-state index in [0.717, 1.165) is 17.0 Å². The Balaban J connectivity index is 1.94. The van der Waals surface area contributed by atoms with Gasteiger partial charge in [0.15, 0.2) is 0 Å². The van der Waals surface area contributed by atoms with E-state index in [1.165, 1.54) is 8.96 Å². The summed E-state index contributed by atoms with van der Waals surface area (Å²) in [5.41, 5.74) is 2.25.